The van der Waals surface area contributed by atoms with Gasteiger partial charge in [-0.25, -0.2) is 4.68 Å². The second kappa shape index (κ2) is 5.01. The summed E-state index contributed by atoms with van der Waals surface area (Å²) < 4.78 is 1.79. The zero-order chi connectivity index (χ0) is 13.1. The lowest BCUT2D eigenvalue weighted by Crippen LogP contribution is -2.07. The molecule has 1 heterocycles. The van der Waals surface area contributed by atoms with Crippen molar-refractivity contribution in [3.8, 4) is 11.8 Å². The molecule has 4 nitrogen and oxygen atoms in total. The molecular formula is C14H16N4. The van der Waals surface area contributed by atoms with Crippen molar-refractivity contribution < 1.29 is 0 Å². The Morgan fingerprint density at radius 1 is 1.33 bits per heavy atom. The third-order valence-corrected chi connectivity index (χ3v) is 2.81. The number of benzene rings is 1. The first-order chi connectivity index (χ1) is 8.63. The lowest BCUT2D eigenvalue weighted by atomic mass is 10.1. The summed E-state index contributed by atoms with van der Waals surface area (Å²) in [6.07, 6.45) is 0.796. The van der Waals surface area contributed by atoms with Crippen molar-refractivity contribution in [2.45, 2.75) is 27.2 Å². The molecule has 0 bridgehead atoms. The molecule has 18 heavy (non-hydrogen) atoms. The Hall–Kier alpha value is -2.15. The molecule has 0 N–H and O–H groups in total. The number of hydrogen-bond acceptors (Lipinski definition) is 3. The topological polar surface area (TPSA) is 54.5 Å². The summed E-state index contributed by atoms with van der Waals surface area (Å²) >= 11 is 0. The number of aryl methyl sites for hydroxylation is 1. The Labute approximate surface area is 107 Å². The van der Waals surface area contributed by atoms with E-state index in [9.17, 15) is 0 Å². The number of aromatic nitrogens is 3. The Balaban J connectivity index is 2.55. The van der Waals surface area contributed by atoms with Crippen molar-refractivity contribution in [1.82, 2.24) is 15.0 Å². The molecule has 0 spiro atoms. The van der Waals surface area contributed by atoms with Crippen LogP contribution in [0.15, 0.2) is 24.3 Å². The van der Waals surface area contributed by atoms with Crippen LogP contribution < -0.4 is 0 Å². The second-order valence-electron chi connectivity index (χ2n) is 4.79. The van der Waals surface area contributed by atoms with Gasteiger partial charge in [0.1, 0.15) is 6.07 Å². The van der Waals surface area contributed by atoms with Gasteiger partial charge in [0, 0.05) is 0 Å². The first-order valence-corrected chi connectivity index (χ1v) is 6.04. The summed E-state index contributed by atoms with van der Waals surface area (Å²) in [5.74, 6) is 0.457. The van der Waals surface area contributed by atoms with Gasteiger partial charge >= 0.3 is 0 Å². The maximum atomic E-state index is 9.10. The van der Waals surface area contributed by atoms with E-state index in [-0.39, 0.29) is 0 Å². The van der Waals surface area contributed by atoms with Crippen LogP contribution in [0.3, 0.4) is 0 Å². The van der Waals surface area contributed by atoms with Crippen LogP contribution in [-0.2, 0) is 6.42 Å². The minimum Gasteiger partial charge on any atom is -0.216 e. The fraction of sp³-hybridized carbons (Fsp3) is 0.357. The molecule has 0 radical (unpaired) electrons. The first kappa shape index (κ1) is 12.3. The molecule has 0 amide bonds. The van der Waals surface area contributed by atoms with E-state index in [0.717, 1.165) is 23.4 Å². The van der Waals surface area contributed by atoms with Crippen molar-refractivity contribution in [2.24, 2.45) is 5.92 Å². The number of rotatable bonds is 3. The number of nitriles is 1. The maximum absolute atomic E-state index is 9.10. The van der Waals surface area contributed by atoms with Gasteiger partial charge < -0.3 is 0 Å². The van der Waals surface area contributed by atoms with E-state index >= 15 is 0 Å². The van der Waals surface area contributed by atoms with Gasteiger partial charge in [-0.05, 0) is 30.9 Å². The molecule has 0 atom stereocenters. The average Bonchev–Trinajstić information content (AvgIpc) is 2.72. The summed E-state index contributed by atoms with van der Waals surface area (Å²) in [5, 5.41) is 17.2. The fourth-order valence-corrected chi connectivity index (χ4v) is 1.95. The molecule has 0 aliphatic carbocycles. The minimum atomic E-state index is 0.423. The van der Waals surface area contributed by atoms with Gasteiger partial charge in [-0.15, -0.1) is 5.10 Å². The van der Waals surface area contributed by atoms with Gasteiger partial charge in [0.25, 0.3) is 0 Å². The Morgan fingerprint density at radius 3 is 2.67 bits per heavy atom. The summed E-state index contributed by atoms with van der Waals surface area (Å²) in [7, 11) is 0. The Morgan fingerprint density at radius 2 is 2.06 bits per heavy atom. The van der Waals surface area contributed by atoms with E-state index in [1.54, 1.807) is 4.68 Å². The number of para-hydroxylation sites is 1. The predicted octanol–water partition coefficient (Wildman–Crippen LogP) is 2.65. The molecule has 0 aliphatic heterocycles. The molecule has 0 fully saturated rings. The molecule has 1 aromatic heterocycles. The Bertz CT molecular complexity index is 590. The van der Waals surface area contributed by atoms with Crippen molar-refractivity contribution in [1.29, 1.82) is 5.26 Å². The third kappa shape index (κ3) is 2.25. The Kier molecular flexibility index (Phi) is 3.42. The molecule has 1 aromatic carbocycles. The normalized spacial score (nSPS) is 10.6. The van der Waals surface area contributed by atoms with Crippen molar-refractivity contribution in [2.75, 3.05) is 0 Å². The van der Waals surface area contributed by atoms with E-state index in [1.165, 1.54) is 0 Å². The smallest absolute Gasteiger partial charge is 0.186 e. The summed E-state index contributed by atoms with van der Waals surface area (Å²) in [6, 6.07) is 10.1. The molecule has 2 rings (SSSR count). The van der Waals surface area contributed by atoms with Crippen LogP contribution in [0.1, 0.15) is 30.8 Å². The zero-order valence-electron chi connectivity index (χ0n) is 10.9. The van der Waals surface area contributed by atoms with E-state index in [2.05, 4.69) is 30.2 Å². The zero-order valence-corrected chi connectivity index (χ0v) is 10.9. The molecule has 2 aromatic rings. The van der Waals surface area contributed by atoms with Crippen LogP contribution in [0.2, 0.25) is 0 Å². The SMILES string of the molecule is Cc1ccccc1-n1nnc(C#N)c1CC(C)C. The highest BCUT2D eigenvalue weighted by atomic mass is 15.4. The van der Waals surface area contributed by atoms with Crippen LogP contribution in [0.4, 0.5) is 0 Å². The summed E-state index contributed by atoms with van der Waals surface area (Å²) in [6.45, 7) is 6.27. The predicted molar refractivity (Wildman–Crippen MR) is 69.4 cm³/mol. The van der Waals surface area contributed by atoms with E-state index in [0.29, 0.717) is 11.6 Å². The van der Waals surface area contributed by atoms with Gasteiger partial charge in [0.15, 0.2) is 5.69 Å². The van der Waals surface area contributed by atoms with Crippen LogP contribution in [0.25, 0.3) is 5.69 Å². The molecule has 92 valence electrons. The molecular weight excluding hydrogens is 224 g/mol. The van der Waals surface area contributed by atoms with Gasteiger partial charge in [0.2, 0.25) is 0 Å². The van der Waals surface area contributed by atoms with Gasteiger partial charge in [-0.2, -0.15) is 5.26 Å². The molecule has 4 heteroatoms. The number of nitrogens with zero attached hydrogens (tertiary/aromatic N) is 4. The molecule has 0 saturated carbocycles. The van der Waals surface area contributed by atoms with Crippen LogP contribution in [-0.4, -0.2) is 15.0 Å². The molecule has 0 unspecified atom stereocenters. The maximum Gasteiger partial charge on any atom is 0.186 e. The largest absolute Gasteiger partial charge is 0.216 e. The van der Waals surface area contributed by atoms with E-state index < -0.39 is 0 Å². The molecule has 0 aliphatic rings. The lowest BCUT2D eigenvalue weighted by Gasteiger charge is -2.10. The van der Waals surface area contributed by atoms with Crippen molar-refractivity contribution in [3.05, 3.63) is 41.2 Å². The van der Waals surface area contributed by atoms with Crippen LogP contribution in [0, 0.1) is 24.2 Å². The summed E-state index contributed by atoms with van der Waals surface area (Å²) in [4.78, 5) is 0. The number of hydrogen-bond donors (Lipinski definition) is 0. The fourth-order valence-electron chi connectivity index (χ4n) is 1.95. The average molecular weight is 240 g/mol. The molecule has 0 saturated heterocycles. The van der Waals surface area contributed by atoms with Crippen LogP contribution >= 0.6 is 0 Å². The van der Waals surface area contributed by atoms with Crippen LogP contribution in [0.5, 0.6) is 0 Å². The van der Waals surface area contributed by atoms with Crippen molar-refractivity contribution in [3.63, 3.8) is 0 Å². The van der Waals surface area contributed by atoms with E-state index in [4.69, 9.17) is 5.26 Å². The first-order valence-electron chi connectivity index (χ1n) is 6.04. The minimum absolute atomic E-state index is 0.423. The van der Waals surface area contributed by atoms with Gasteiger partial charge in [-0.3, -0.25) is 0 Å². The highest BCUT2D eigenvalue weighted by Crippen LogP contribution is 2.18. The monoisotopic (exact) mass is 240 g/mol. The highest BCUT2D eigenvalue weighted by Gasteiger charge is 2.16. The van der Waals surface area contributed by atoms with E-state index in [1.807, 2.05) is 31.2 Å². The standard InChI is InChI=1S/C14H16N4/c1-10(2)8-14-12(9-15)16-17-18(14)13-7-5-4-6-11(13)3/h4-7,10H,8H2,1-3H3. The van der Waals surface area contributed by atoms with Crippen molar-refractivity contribution >= 4 is 0 Å². The lowest BCUT2D eigenvalue weighted by molar-refractivity contribution is 0.613. The van der Waals surface area contributed by atoms with Gasteiger partial charge in [-0.1, -0.05) is 37.3 Å². The quantitative estimate of drug-likeness (QED) is 0.828. The van der Waals surface area contributed by atoms with Gasteiger partial charge in [0.05, 0.1) is 11.4 Å². The summed E-state index contributed by atoms with van der Waals surface area (Å²) in [5.41, 5.74) is 3.42. The highest BCUT2D eigenvalue weighted by molar-refractivity contribution is 5.42. The second-order valence-corrected chi connectivity index (χ2v) is 4.79. The third-order valence-electron chi connectivity index (χ3n) is 2.81.